The van der Waals surface area contributed by atoms with Crippen LogP contribution in [0, 0.1) is 0 Å². The Hall–Kier alpha value is -1.87. The fraction of sp³-hybridized carbons (Fsp3) is 0.167. The van der Waals surface area contributed by atoms with Gasteiger partial charge in [-0.3, -0.25) is 4.72 Å². The van der Waals surface area contributed by atoms with Gasteiger partial charge in [0.15, 0.2) is 0 Å². The number of fused-ring (bicyclic) bond motifs is 1. The topological polar surface area (TPSA) is 74.8 Å². The molecule has 0 aliphatic rings. The second kappa shape index (κ2) is 7.27. The zero-order valence-corrected chi connectivity index (χ0v) is 17.5. The maximum atomic E-state index is 12.9. The molecule has 0 fully saturated rings. The Balaban J connectivity index is 1.74. The van der Waals surface area contributed by atoms with Crippen LogP contribution in [0.2, 0.25) is 0 Å². The summed E-state index contributed by atoms with van der Waals surface area (Å²) in [4.78, 5) is 8.66. The fourth-order valence-electron chi connectivity index (χ4n) is 2.86. The minimum Gasteiger partial charge on any atom is -0.351 e. The third kappa shape index (κ3) is 3.50. The van der Waals surface area contributed by atoms with E-state index in [1.165, 1.54) is 22.7 Å². The van der Waals surface area contributed by atoms with Gasteiger partial charge in [0, 0.05) is 16.5 Å². The molecule has 3 heterocycles. The van der Waals surface area contributed by atoms with Crippen LogP contribution in [-0.2, 0) is 22.3 Å². The number of aromatic nitrogens is 2. The zero-order valence-electron chi connectivity index (χ0n) is 14.3. The molecular weight excluding hydrogens is 422 g/mol. The number of thiophene rings is 1. The minimum atomic E-state index is -3.64. The summed E-state index contributed by atoms with van der Waals surface area (Å²) in [6.45, 7) is 1.95. The van der Waals surface area contributed by atoms with Gasteiger partial charge in [-0.25, -0.2) is 13.4 Å². The molecule has 3 aromatic heterocycles. The van der Waals surface area contributed by atoms with Gasteiger partial charge in [-0.05, 0) is 35.6 Å². The van der Waals surface area contributed by atoms with Gasteiger partial charge in [-0.2, -0.15) is 0 Å². The maximum Gasteiger partial charge on any atom is 0.271 e. The average Bonchev–Trinajstić information content (AvgIpc) is 3.38. The number of rotatable bonds is 6. The molecule has 0 amide bonds. The lowest BCUT2D eigenvalue weighted by Crippen LogP contribution is -2.13. The van der Waals surface area contributed by atoms with Gasteiger partial charge in [-0.1, -0.05) is 19.1 Å². The lowest BCUT2D eigenvalue weighted by atomic mass is 10.2. The van der Waals surface area contributed by atoms with Crippen LogP contribution in [0.3, 0.4) is 0 Å². The summed E-state index contributed by atoms with van der Waals surface area (Å²) in [6, 6.07) is 9.34. The highest BCUT2D eigenvalue weighted by molar-refractivity contribution is 7.94. The molecule has 5 nitrogen and oxygen atoms in total. The summed E-state index contributed by atoms with van der Waals surface area (Å²) in [6.07, 6.45) is 2.43. The number of halogens is 1. The van der Waals surface area contributed by atoms with E-state index in [1.54, 1.807) is 17.6 Å². The number of anilines is 1. The first-order chi connectivity index (χ1) is 13.0. The van der Waals surface area contributed by atoms with E-state index in [0.717, 1.165) is 32.0 Å². The number of para-hydroxylation sites is 1. The van der Waals surface area contributed by atoms with Crippen LogP contribution in [0.25, 0.3) is 21.6 Å². The quantitative estimate of drug-likeness (QED) is 0.393. The Morgan fingerprint density at radius 1 is 1.30 bits per heavy atom. The molecule has 0 saturated carbocycles. The molecule has 1 aromatic carbocycles. The predicted octanol–water partition coefficient (Wildman–Crippen LogP) is 5.45. The zero-order chi connectivity index (χ0) is 19.0. The highest BCUT2D eigenvalue weighted by Crippen LogP contribution is 2.33. The van der Waals surface area contributed by atoms with Gasteiger partial charge in [0.1, 0.15) is 9.22 Å². The molecule has 27 heavy (non-hydrogen) atoms. The van der Waals surface area contributed by atoms with Crippen molar-refractivity contribution in [1.82, 2.24) is 9.97 Å². The third-order valence-corrected chi connectivity index (χ3v) is 8.56. The SMILES string of the molecule is CCc1ccsc1S(=O)(=O)Nc1cccc2cc(-c3ncc(CCl)s3)[nH]c12. The predicted molar refractivity (Wildman–Crippen MR) is 113 cm³/mol. The van der Waals surface area contributed by atoms with Gasteiger partial charge in [0.2, 0.25) is 0 Å². The number of H-pyrrole nitrogens is 1. The van der Waals surface area contributed by atoms with Gasteiger partial charge < -0.3 is 4.98 Å². The van der Waals surface area contributed by atoms with Crippen molar-refractivity contribution in [3.8, 4) is 10.7 Å². The molecule has 0 unspecified atom stereocenters. The molecule has 0 bridgehead atoms. The Kier molecular flexibility index (Phi) is 4.98. The summed E-state index contributed by atoms with van der Waals surface area (Å²) in [7, 11) is -3.64. The number of sulfonamides is 1. The number of alkyl halides is 1. The highest BCUT2D eigenvalue weighted by atomic mass is 35.5. The van der Waals surface area contributed by atoms with Crippen molar-refractivity contribution >= 4 is 60.9 Å². The maximum absolute atomic E-state index is 12.9. The summed E-state index contributed by atoms with van der Waals surface area (Å²) in [5.74, 6) is 0.420. The van der Waals surface area contributed by atoms with Crippen molar-refractivity contribution < 1.29 is 8.42 Å². The average molecular weight is 438 g/mol. The fourth-order valence-corrected chi connectivity index (χ4v) is 6.46. The van der Waals surface area contributed by atoms with Crippen LogP contribution in [-0.4, -0.2) is 18.4 Å². The van der Waals surface area contributed by atoms with Gasteiger partial charge >= 0.3 is 0 Å². The number of thiazole rings is 1. The summed E-state index contributed by atoms with van der Waals surface area (Å²) in [5.41, 5.74) is 2.91. The largest absolute Gasteiger partial charge is 0.351 e. The monoisotopic (exact) mass is 437 g/mol. The van der Waals surface area contributed by atoms with Crippen molar-refractivity contribution in [2.24, 2.45) is 0 Å². The Morgan fingerprint density at radius 2 is 2.15 bits per heavy atom. The molecule has 0 radical (unpaired) electrons. The number of hydrogen-bond donors (Lipinski definition) is 2. The van der Waals surface area contributed by atoms with Crippen molar-refractivity contribution in [1.29, 1.82) is 0 Å². The molecule has 2 N–H and O–H groups in total. The van der Waals surface area contributed by atoms with Crippen molar-refractivity contribution in [3.05, 3.63) is 52.3 Å². The van der Waals surface area contributed by atoms with Crippen LogP contribution < -0.4 is 4.72 Å². The standard InChI is InChI=1S/C18H16ClN3O2S3/c1-2-11-6-7-25-18(11)27(23,24)22-14-5-3-4-12-8-15(21-16(12)14)17-20-10-13(9-19)26-17/h3-8,10,21-22H,2,9H2,1H3. The Labute approximate surface area is 170 Å². The lowest BCUT2D eigenvalue weighted by Gasteiger charge is -2.09. The Morgan fingerprint density at radius 3 is 2.89 bits per heavy atom. The van der Waals surface area contributed by atoms with Crippen LogP contribution in [0.4, 0.5) is 5.69 Å². The molecule has 4 aromatic rings. The number of nitrogens with one attached hydrogen (secondary N) is 2. The molecular formula is C18H16ClN3O2S3. The van der Waals surface area contributed by atoms with E-state index in [-0.39, 0.29) is 0 Å². The van der Waals surface area contributed by atoms with Gasteiger partial charge in [0.05, 0.1) is 22.8 Å². The van der Waals surface area contributed by atoms with E-state index in [2.05, 4.69) is 14.7 Å². The van der Waals surface area contributed by atoms with Gasteiger partial charge in [-0.15, -0.1) is 34.3 Å². The minimum absolute atomic E-state index is 0.362. The summed E-state index contributed by atoms with van der Waals surface area (Å²) >= 11 is 8.61. The summed E-state index contributed by atoms with van der Waals surface area (Å²) in [5, 5.41) is 3.54. The number of benzene rings is 1. The third-order valence-electron chi connectivity index (χ3n) is 4.15. The van der Waals surface area contributed by atoms with Gasteiger partial charge in [0.25, 0.3) is 10.0 Å². The smallest absolute Gasteiger partial charge is 0.271 e. The van der Waals surface area contributed by atoms with Crippen LogP contribution >= 0.6 is 34.3 Å². The van der Waals surface area contributed by atoms with E-state index in [1.807, 2.05) is 31.2 Å². The molecule has 9 heteroatoms. The van der Waals surface area contributed by atoms with Crippen molar-refractivity contribution in [2.75, 3.05) is 4.72 Å². The summed E-state index contributed by atoms with van der Waals surface area (Å²) < 4.78 is 28.8. The van der Waals surface area contributed by atoms with E-state index < -0.39 is 10.0 Å². The van der Waals surface area contributed by atoms with E-state index in [4.69, 9.17) is 11.6 Å². The molecule has 0 aliphatic heterocycles. The lowest BCUT2D eigenvalue weighted by molar-refractivity contribution is 0.602. The van der Waals surface area contributed by atoms with Crippen molar-refractivity contribution in [2.45, 2.75) is 23.4 Å². The van der Waals surface area contributed by atoms with E-state index >= 15 is 0 Å². The second-order valence-electron chi connectivity index (χ2n) is 5.91. The highest BCUT2D eigenvalue weighted by Gasteiger charge is 2.21. The first kappa shape index (κ1) is 18.5. The normalized spacial score (nSPS) is 11.9. The molecule has 0 aliphatic carbocycles. The molecule has 140 valence electrons. The second-order valence-corrected chi connectivity index (χ2v) is 10.1. The van der Waals surface area contributed by atoms with Crippen molar-refractivity contribution in [3.63, 3.8) is 0 Å². The number of hydrogen-bond acceptors (Lipinski definition) is 5. The molecule has 0 saturated heterocycles. The molecule has 0 spiro atoms. The number of aromatic amines is 1. The first-order valence-corrected chi connectivity index (χ1v) is 11.9. The molecule has 0 atom stereocenters. The van der Waals surface area contributed by atoms with Crippen LogP contribution in [0.5, 0.6) is 0 Å². The van der Waals surface area contributed by atoms with Crippen LogP contribution in [0.15, 0.2) is 46.1 Å². The van der Waals surface area contributed by atoms with E-state index in [9.17, 15) is 8.42 Å². The van der Waals surface area contributed by atoms with E-state index in [0.29, 0.717) is 22.2 Å². The number of nitrogens with zero attached hydrogens (tertiary/aromatic N) is 1. The number of aryl methyl sites for hydroxylation is 1. The first-order valence-electron chi connectivity index (χ1n) is 8.23. The van der Waals surface area contributed by atoms with Crippen LogP contribution in [0.1, 0.15) is 17.4 Å². The Bertz CT molecular complexity index is 1210. The molecule has 4 rings (SSSR count).